The molecular formula is C10H12IN5O3. The number of hydrogen-bond acceptors (Lipinski definition) is 7. The van der Waals surface area contributed by atoms with Gasteiger partial charge in [0.1, 0.15) is 17.7 Å². The second-order valence-corrected chi connectivity index (χ2v) is 5.38. The number of anilines is 1. The molecule has 8 nitrogen and oxygen atoms in total. The number of aromatic nitrogens is 4. The summed E-state index contributed by atoms with van der Waals surface area (Å²) in [5, 5.41) is 19.7. The van der Waals surface area contributed by atoms with Crippen molar-refractivity contribution in [1.82, 2.24) is 19.5 Å². The molecule has 1 unspecified atom stereocenters. The van der Waals surface area contributed by atoms with Crippen molar-refractivity contribution in [2.45, 2.75) is 31.5 Å². The van der Waals surface area contributed by atoms with Gasteiger partial charge in [-0.3, -0.25) is 4.57 Å². The van der Waals surface area contributed by atoms with E-state index >= 15 is 0 Å². The molecule has 0 amide bonds. The number of nitrogen functional groups attached to an aromatic ring is 1. The van der Waals surface area contributed by atoms with Crippen molar-refractivity contribution >= 4 is 39.6 Å². The molecule has 1 aliphatic rings. The van der Waals surface area contributed by atoms with Gasteiger partial charge in [-0.1, -0.05) is 0 Å². The lowest BCUT2D eigenvalue weighted by Crippen LogP contribution is -2.30. The zero-order valence-electron chi connectivity index (χ0n) is 9.93. The molecule has 0 radical (unpaired) electrons. The van der Waals surface area contributed by atoms with Crippen LogP contribution in [0.5, 0.6) is 0 Å². The van der Waals surface area contributed by atoms with Gasteiger partial charge in [0.25, 0.3) is 0 Å². The molecule has 4 N–H and O–H groups in total. The minimum absolute atomic E-state index is 0.272. The Balaban J connectivity index is 2.11. The van der Waals surface area contributed by atoms with Crippen LogP contribution in [-0.2, 0) is 4.74 Å². The van der Waals surface area contributed by atoms with Gasteiger partial charge < -0.3 is 20.7 Å². The van der Waals surface area contributed by atoms with Crippen LogP contribution in [0.15, 0.2) is 6.33 Å². The first-order valence-corrected chi connectivity index (χ1v) is 6.74. The molecule has 0 spiro atoms. The van der Waals surface area contributed by atoms with Gasteiger partial charge in [-0.2, -0.15) is 0 Å². The molecular weight excluding hydrogens is 365 g/mol. The standard InChI is InChI=1S/C10H12IN5O3/c1-3-5(17)6(18)9(19-3)16-2-13-4-7(12)14-10(11)15-8(4)16/h2-3,5-6,9,17-18H,1H3,(H2,12,14,15)/t3-,5+,6?,9-/m1/s1. The number of nitrogens with two attached hydrogens (primary N) is 1. The van der Waals surface area contributed by atoms with E-state index in [9.17, 15) is 10.2 Å². The highest BCUT2D eigenvalue weighted by Crippen LogP contribution is 2.31. The van der Waals surface area contributed by atoms with Gasteiger partial charge in [0, 0.05) is 22.6 Å². The molecule has 4 atom stereocenters. The summed E-state index contributed by atoms with van der Waals surface area (Å²) in [5.41, 5.74) is 6.70. The summed E-state index contributed by atoms with van der Waals surface area (Å²) >= 11 is 1.95. The molecule has 19 heavy (non-hydrogen) atoms. The second-order valence-electron chi connectivity index (χ2n) is 4.41. The second kappa shape index (κ2) is 4.51. The van der Waals surface area contributed by atoms with Crippen molar-refractivity contribution in [3.63, 3.8) is 0 Å². The number of fused-ring (bicyclic) bond motifs is 1. The van der Waals surface area contributed by atoms with Crippen LogP contribution in [0.2, 0.25) is 0 Å². The fourth-order valence-electron chi connectivity index (χ4n) is 2.15. The molecule has 1 aliphatic heterocycles. The topological polar surface area (TPSA) is 119 Å². The van der Waals surface area contributed by atoms with Crippen molar-refractivity contribution in [2.24, 2.45) is 0 Å². The van der Waals surface area contributed by atoms with Crippen molar-refractivity contribution in [1.29, 1.82) is 0 Å². The number of halogens is 1. The lowest BCUT2D eigenvalue weighted by atomic mass is 10.1. The number of hydrogen-bond donors (Lipinski definition) is 3. The number of aliphatic hydroxyl groups excluding tert-OH is 2. The van der Waals surface area contributed by atoms with Gasteiger partial charge in [-0.25, -0.2) is 15.0 Å². The summed E-state index contributed by atoms with van der Waals surface area (Å²) in [4.78, 5) is 12.4. The van der Waals surface area contributed by atoms with E-state index in [0.29, 0.717) is 15.0 Å². The number of aliphatic hydroxyl groups is 2. The van der Waals surface area contributed by atoms with Crippen LogP contribution in [0, 0.1) is 3.83 Å². The van der Waals surface area contributed by atoms with E-state index in [-0.39, 0.29) is 5.82 Å². The Hall–Kier alpha value is -1.04. The lowest BCUT2D eigenvalue weighted by Gasteiger charge is -2.16. The van der Waals surface area contributed by atoms with E-state index in [2.05, 4.69) is 15.0 Å². The van der Waals surface area contributed by atoms with Gasteiger partial charge in [0.15, 0.2) is 21.5 Å². The summed E-state index contributed by atoms with van der Waals surface area (Å²) in [7, 11) is 0. The molecule has 1 fully saturated rings. The van der Waals surface area contributed by atoms with Crippen molar-refractivity contribution in [2.75, 3.05) is 5.73 Å². The molecule has 3 rings (SSSR count). The highest BCUT2D eigenvalue weighted by molar-refractivity contribution is 14.1. The minimum atomic E-state index is -1.04. The third-order valence-electron chi connectivity index (χ3n) is 3.17. The van der Waals surface area contributed by atoms with Gasteiger partial charge in [-0.15, -0.1) is 0 Å². The Kier molecular flexibility index (Phi) is 3.08. The largest absolute Gasteiger partial charge is 0.388 e. The van der Waals surface area contributed by atoms with Gasteiger partial charge in [0.05, 0.1) is 12.4 Å². The van der Waals surface area contributed by atoms with Gasteiger partial charge in [0.2, 0.25) is 0 Å². The van der Waals surface area contributed by atoms with E-state index in [4.69, 9.17) is 10.5 Å². The van der Waals surface area contributed by atoms with Gasteiger partial charge in [-0.05, 0) is 6.92 Å². The normalized spacial score (nSPS) is 31.2. The average molecular weight is 377 g/mol. The molecule has 3 heterocycles. The molecule has 102 valence electrons. The summed E-state index contributed by atoms with van der Waals surface area (Å²) in [6.07, 6.45) is -1.71. The maximum Gasteiger partial charge on any atom is 0.194 e. The molecule has 1 saturated heterocycles. The van der Waals surface area contributed by atoms with Crippen LogP contribution >= 0.6 is 22.6 Å². The summed E-state index contributed by atoms with van der Waals surface area (Å²) in [6, 6.07) is 0. The molecule has 0 aromatic carbocycles. The highest BCUT2D eigenvalue weighted by atomic mass is 127. The van der Waals surface area contributed by atoms with E-state index in [0.717, 1.165) is 0 Å². The third-order valence-corrected chi connectivity index (χ3v) is 3.65. The summed E-state index contributed by atoms with van der Waals surface area (Å²) in [6.45, 7) is 1.69. The molecule has 0 aliphatic carbocycles. The SMILES string of the molecule is C[C@H]1O[C@@H](n2cnc3c(N)nc(I)nc32)C(O)[C@H]1O. The quantitative estimate of drug-likeness (QED) is 0.459. The molecule has 0 bridgehead atoms. The average Bonchev–Trinajstić information content (AvgIpc) is 2.86. The monoisotopic (exact) mass is 377 g/mol. The van der Waals surface area contributed by atoms with Crippen LogP contribution < -0.4 is 5.73 Å². The van der Waals surface area contributed by atoms with Crippen molar-refractivity contribution in [3.8, 4) is 0 Å². The Morgan fingerprint density at radius 2 is 2.11 bits per heavy atom. The van der Waals surface area contributed by atoms with Gasteiger partial charge >= 0.3 is 0 Å². The predicted octanol–water partition coefficient (Wildman–Crippen LogP) is -0.348. The fourth-order valence-corrected chi connectivity index (χ4v) is 2.64. The zero-order valence-corrected chi connectivity index (χ0v) is 12.1. The van der Waals surface area contributed by atoms with E-state index in [1.54, 1.807) is 11.5 Å². The molecule has 2 aromatic heterocycles. The summed E-state index contributed by atoms with van der Waals surface area (Å²) in [5.74, 6) is 0.272. The smallest absolute Gasteiger partial charge is 0.194 e. The Morgan fingerprint density at radius 1 is 1.37 bits per heavy atom. The first-order valence-electron chi connectivity index (χ1n) is 5.66. The number of ether oxygens (including phenoxy) is 1. The number of rotatable bonds is 1. The molecule has 2 aromatic rings. The molecule has 9 heteroatoms. The van der Waals surface area contributed by atoms with Crippen molar-refractivity contribution < 1.29 is 14.9 Å². The summed E-state index contributed by atoms with van der Waals surface area (Å²) < 4.78 is 7.58. The number of nitrogens with zero attached hydrogens (tertiary/aromatic N) is 4. The lowest BCUT2D eigenvalue weighted by molar-refractivity contribution is -0.0299. The Labute approximate surface area is 121 Å². The number of imidazole rings is 1. The Bertz CT molecular complexity index is 633. The maximum absolute atomic E-state index is 10.00. The first-order chi connectivity index (χ1) is 8.99. The zero-order chi connectivity index (χ0) is 13.7. The van der Waals surface area contributed by atoms with Crippen LogP contribution in [0.1, 0.15) is 13.2 Å². The van der Waals surface area contributed by atoms with Crippen LogP contribution in [-0.4, -0.2) is 48.0 Å². The highest BCUT2D eigenvalue weighted by Gasteiger charge is 2.42. The van der Waals surface area contributed by atoms with Crippen LogP contribution in [0.25, 0.3) is 11.2 Å². The minimum Gasteiger partial charge on any atom is -0.388 e. The van der Waals surface area contributed by atoms with E-state index in [1.165, 1.54) is 6.33 Å². The first kappa shape index (κ1) is 13.0. The van der Waals surface area contributed by atoms with Crippen LogP contribution in [0.3, 0.4) is 0 Å². The van der Waals surface area contributed by atoms with E-state index < -0.39 is 24.5 Å². The van der Waals surface area contributed by atoms with E-state index in [1.807, 2.05) is 22.6 Å². The maximum atomic E-state index is 10.00. The Morgan fingerprint density at radius 3 is 2.74 bits per heavy atom. The van der Waals surface area contributed by atoms with Crippen molar-refractivity contribution in [3.05, 3.63) is 10.2 Å². The molecule has 0 saturated carbocycles. The van der Waals surface area contributed by atoms with Crippen LogP contribution in [0.4, 0.5) is 5.82 Å². The third kappa shape index (κ3) is 1.96. The predicted molar refractivity (Wildman–Crippen MR) is 74.1 cm³/mol. The fraction of sp³-hybridized carbons (Fsp3) is 0.500.